The van der Waals surface area contributed by atoms with Crippen molar-refractivity contribution in [3.05, 3.63) is 82.3 Å². The lowest BCUT2D eigenvalue weighted by molar-refractivity contribution is -0.144. The minimum Gasteiger partial charge on any atom is -0.470 e. The van der Waals surface area contributed by atoms with E-state index in [1.165, 1.54) is 39.3 Å². The number of hydrogen-bond donors (Lipinski definition) is 1. The predicted molar refractivity (Wildman–Crippen MR) is 236 cm³/mol. The zero-order chi connectivity index (χ0) is 47.0. The summed E-state index contributed by atoms with van der Waals surface area (Å²) in [4.78, 5) is 74.0. The number of alkyl halides is 3. The minimum atomic E-state index is -4.57. The Bertz CT molecular complexity index is 2850. The Labute approximate surface area is 377 Å². The number of furan rings is 1. The maximum absolute atomic E-state index is 15.1. The van der Waals surface area contributed by atoms with Crippen LogP contribution in [-0.4, -0.2) is 94.7 Å². The number of nitrogens with zero attached hydrogens (tertiary/aromatic N) is 5. The van der Waals surface area contributed by atoms with Crippen molar-refractivity contribution >= 4 is 66.9 Å². The summed E-state index contributed by atoms with van der Waals surface area (Å²) in [6.07, 6.45) is -3.18. The van der Waals surface area contributed by atoms with Gasteiger partial charge in [0, 0.05) is 50.2 Å². The van der Waals surface area contributed by atoms with Crippen molar-refractivity contribution in [1.82, 2.24) is 29.5 Å². The van der Waals surface area contributed by atoms with Crippen molar-refractivity contribution in [2.75, 3.05) is 20.6 Å². The second-order valence-corrected chi connectivity index (χ2v) is 21.6. The summed E-state index contributed by atoms with van der Waals surface area (Å²) in [6, 6.07) is 10.3. The molecule has 5 atom stereocenters. The number of fused-ring (bicyclic) bond motifs is 3. The molecule has 2 aromatic carbocycles. The summed E-state index contributed by atoms with van der Waals surface area (Å²) in [7, 11) is -0.663. The highest BCUT2D eigenvalue weighted by Crippen LogP contribution is 2.57. The van der Waals surface area contributed by atoms with Gasteiger partial charge in [-0.25, -0.2) is 18.4 Å². The van der Waals surface area contributed by atoms with Gasteiger partial charge in [0.05, 0.1) is 39.5 Å². The second-order valence-electron chi connectivity index (χ2n) is 18.6. The van der Waals surface area contributed by atoms with Gasteiger partial charge in [0.2, 0.25) is 27.4 Å². The topological polar surface area (TPSA) is 182 Å². The first kappa shape index (κ1) is 45.9. The van der Waals surface area contributed by atoms with Crippen LogP contribution in [0.2, 0.25) is 0 Å². The average Bonchev–Trinajstić information content (AvgIpc) is 4.10. The minimum absolute atomic E-state index is 0.0447. The number of ketones is 1. The molecule has 14 nitrogen and oxygen atoms in total. The monoisotopic (exact) mass is 934 g/mol. The third-order valence-electron chi connectivity index (χ3n) is 12.6. The number of amides is 3. The van der Waals surface area contributed by atoms with E-state index in [2.05, 4.69) is 26.3 Å². The number of para-hydroxylation sites is 1. The van der Waals surface area contributed by atoms with Crippen LogP contribution in [0.5, 0.6) is 5.88 Å². The summed E-state index contributed by atoms with van der Waals surface area (Å²) < 4.78 is 81.4. The number of aryl methyl sites for hydroxylation is 1. The molecule has 0 unspecified atom stereocenters. The van der Waals surface area contributed by atoms with Gasteiger partial charge in [-0.1, -0.05) is 51.1 Å². The van der Waals surface area contributed by atoms with Gasteiger partial charge in [0.15, 0.2) is 11.6 Å². The molecule has 1 N–H and O–H groups in total. The van der Waals surface area contributed by atoms with Crippen LogP contribution < -0.4 is 9.46 Å². The van der Waals surface area contributed by atoms with Crippen molar-refractivity contribution in [3.63, 3.8) is 0 Å². The van der Waals surface area contributed by atoms with Gasteiger partial charge in [-0.2, -0.15) is 18.2 Å². The zero-order valence-electron chi connectivity index (χ0n) is 36.7. The lowest BCUT2D eigenvalue weighted by atomic mass is 9.77. The van der Waals surface area contributed by atoms with Crippen LogP contribution in [0.1, 0.15) is 78.8 Å². The summed E-state index contributed by atoms with van der Waals surface area (Å²) >= 11 is 1.20. The Balaban J connectivity index is 1.16. The number of likely N-dealkylation sites (tertiary alicyclic amines) is 1. The number of rotatable bonds is 14. The van der Waals surface area contributed by atoms with E-state index >= 15 is 4.79 Å². The first-order valence-electron chi connectivity index (χ1n) is 21.2. The average molecular weight is 935 g/mol. The van der Waals surface area contributed by atoms with Gasteiger partial charge in [-0.3, -0.25) is 23.9 Å². The Hall–Kier alpha value is -5.69. The summed E-state index contributed by atoms with van der Waals surface area (Å²) in [5.41, 5.74) is -1.24. The number of sulfonamides is 1. The maximum Gasteiger partial charge on any atom is 0.416 e. The van der Waals surface area contributed by atoms with E-state index in [9.17, 15) is 36.0 Å². The molecular formula is C46H49F3N6O8S2. The SMILES string of the molecule is C=C[C@@H]1C[C@]1(CC(=O)[C@@H]1C[C@@H](Oc2nc(-c3ccc(C(F)(F)F)cc3)nc3c2oc2ccccc23)CN1C(=O)[C@@H](Cc1nc(C)c(C(=O)N(C)C)s1)C(C)(C)C)C(=O)NS(=O)(=O)C1CC1. The molecule has 3 amide bonds. The van der Waals surface area contributed by atoms with Crippen molar-refractivity contribution < 1.29 is 49.9 Å². The summed E-state index contributed by atoms with van der Waals surface area (Å²) in [6.45, 7) is 11.1. The van der Waals surface area contributed by atoms with Crippen molar-refractivity contribution in [1.29, 1.82) is 0 Å². The molecule has 1 aliphatic heterocycles. The molecule has 3 aromatic heterocycles. The lowest BCUT2D eigenvalue weighted by Crippen LogP contribution is -2.48. The highest BCUT2D eigenvalue weighted by molar-refractivity contribution is 7.90. The van der Waals surface area contributed by atoms with Gasteiger partial charge in [-0.05, 0) is 61.8 Å². The van der Waals surface area contributed by atoms with Gasteiger partial charge in [0.1, 0.15) is 22.1 Å². The second kappa shape index (κ2) is 16.6. The molecule has 5 aromatic rings. The van der Waals surface area contributed by atoms with Crippen LogP contribution in [0.25, 0.3) is 33.5 Å². The number of Topliss-reactive ketones (excluding diaryl/α,β-unsaturated/α-hetero) is 1. The molecule has 3 aliphatic rings. The molecule has 0 bridgehead atoms. The Morgan fingerprint density at radius 1 is 1.06 bits per heavy atom. The number of ether oxygens (including phenoxy) is 1. The quantitative estimate of drug-likeness (QED) is 0.109. The number of carbonyl (C=O) groups excluding carboxylic acids is 4. The van der Waals surface area contributed by atoms with E-state index in [1.54, 1.807) is 45.3 Å². The van der Waals surface area contributed by atoms with Crippen LogP contribution in [0.3, 0.4) is 0 Å². The number of allylic oxidation sites excluding steroid dienone is 1. The maximum atomic E-state index is 15.1. The van der Waals surface area contributed by atoms with E-state index < -0.39 is 79.4 Å². The van der Waals surface area contributed by atoms with Gasteiger partial charge >= 0.3 is 6.18 Å². The van der Waals surface area contributed by atoms with Gasteiger partial charge in [0.25, 0.3) is 11.8 Å². The smallest absolute Gasteiger partial charge is 0.416 e. The molecule has 19 heteroatoms. The van der Waals surface area contributed by atoms with Crippen LogP contribution >= 0.6 is 11.3 Å². The van der Waals surface area contributed by atoms with E-state index in [4.69, 9.17) is 9.15 Å². The van der Waals surface area contributed by atoms with E-state index in [0.29, 0.717) is 44.9 Å². The third kappa shape index (κ3) is 9.00. The molecule has 8 rings (SSSR count). The zero-order valence-corrected chi connectivity index (χ0v) is 38.3. The summed E-state index contributed by atoms with van der Waals surface area (Å²) in [5, 5.41) is 0.474. The fourth-order valence-electron chi connectivity index (χ4n) is 8.56. The third-order valence-corrected chi connectivity index (χ3v) is 15.6. The van der Waals surface area contributed by atoms with Gasteiger partial charge in [-0.15, -0.1) is 17.9 Å². The van der Waals surface area contributed by atoms with E-state index in [0.717, 1.165) is 12.1 Å². The standard InChI is InChI=1S/C46H49F3N6O8S2/c1-8-26-21-45(26,43(59)53-65(60,61)29-17-18-29)22-33(56)32-19-28(23-55(32)41(57)31(44(3,4)5)20-35-50-24(2)38(64-35)42(58)54(6)7)62-40-37-36(30-11-9-10-12-34(30)63-37)51-39(52-40)25-13-15-27(16-14-25)46(47,48)49/h8-16,26,28-29,31-32H,1,17-23H2,2-7H3,(H,53,59)/t26-,28-,31-,32+,45-/m1/s1. The van der Waals surface area contributed by atoms with Crippen molar-refractivity contribution in [3.8, 4) is 17.3 Å². The molecule has 1 saturated heterocycles. The molecule has 4 heterocycles. The first-order chi connectivity index (χ1) is 30.5. The molecule has 2 aliphatic carbocycles. The fourth-order valence-corrected chi connectivity index (χ4v) is 11.1. The number of nitrogens with one attached hydrogen (secondary N) is 1. The molecule has 65 heavy (non-hydrogen) atoms. The number of thiazole rings is 1. The Kier molecular flexibility index (Phi) is 11.7. The molecule has 3 fully saturated rings. The number of benzene rings is 2. The van der Waals surface area contributed by atoms with Crippen molar-refractivity contribution in [2.45, 2.75) is 89.8 Å². The number of carbonyl (C=O) groups is 4. The highest BCUT2D eigenvalue weighted by Gasteiger charge is 2.61. The van der Waals surface area contributed by atoms with Crippen LogP contribution in [0.4, 0.5) is 13.2 Å². The Morgan fingerprint density at radius 3 is 2.37 bits per heavy atom. The molecular weight excluding hydrogens is 886 g/mol. The number of hydrogen-bond acceptors (Lipinski definition) is 12. The Morgan fingerprint density at radius 2 is 1.75 bits per heavy atom. The summed E-state index contributed by atoms with van der Waals surface area (Å²) in [5.74, 6) is -3.16. The predicted octanol–water partition coefficient (Wildman–Crippen LogP) is 7.54. The van der Waals surface area contributed by atoms with Crippen LogP contribution in [0.15, 0.2) is 65.6 Å². The number of halogens is 3. The van der Waals surface area contributed by atoms with E-state index in [-0.39, 0.29) is 61.0 Å². The molecule has 0 radical (unpaired) electrons. The van der Waals surface area contributed by atoms with Crippen LogP contribution in [-0.2, 0) is 37.0 Å². The molecule has 344 valence electrons. The first-order valence-corrected chi connectivity index (χ1v) is 23.6. The van der Waals surface area contributed by atoms with Crippen LogP contribution in [0, 0.1) is 29.6 Å². The highest BCUT2D eigenvalue weighted by atomic mass is 32.2. The molecule has 2 saturated carbocycles. The molecule has 0 spiro atoms. The largest absolute Gasteiger partial charge is 0.470 e. The lowest BCUT2D eigenvalue weighted by Gasteiger charge is -2.35. The normalized spacial score (nSPS) is 21.6. The van der Waals surface area contributed by atoms with Crippen molar-refractivity contribution in [2.24, 2.45) is 22.7 Å². The number of aromatic nitrogens is 3. The van der Waals surface area contributed by atoms with Gasteiger partial charge < -0.3 is 19.0 Å². The van der Waals surface area contributed by atoms with E-state index in [1.807, 2.05) is 20.8 Å². The fraction of sp³-hybridized carbons (Fsp3) is 0.457.